The van der Waals surface area contributed by atoms with Crippen molar-refractivity contribution in [2.24, 2.45) is 0 Å². The third-order valence-corrected chi connectivity index (χ3v) is 3.98. The van der Waals surface area contributed by atoms with Gasteiger partial charge in [0.1, 0.15) is 5.82 Å². The van der Waals surface area contributed by atoms with Gasteiger partial charge in [-0.25, -0.2) is 4.39 Å². The standard InChI is InChI=1S/C17H16ClFN2O/c18-13-7-8-15(14(19)10-13)20-17(22)11-21-9-3-5-12-4-1-2-6-16(12)21/h1-2,4,6-8,10H,3,5,9,11H2,(H,20,22). The summed E-state index contributed by atoms with van der Waals surface area (Å²) in [4.78, 5) is 14.2. The molecule has 0 atom stereocenters. The molecule has 0 aromatic heterocycles. The summed E-state index contributed by atoms with van der Waals surface area (Å²) in [7, 11) is 0. The number of anilines is 2. The smallest absolute Gasteiger partial charge is 0.243 e. The molecule has 0 saturated heterocycles. The number of para-hydroxylation sites is 1. The maximum Gasteiger partial charge on any atom is 0.243 e. The van der Waals surface area contributed by atoms with E-state index < -0.39 is 5.82 Å². The molecule has 0 saturated carbocycles. The molecule has 0 radical (unpaired) electrons. The first-order valence-electron chi connectivity index (χ1n) is 7.21. The van der Waals surface area contributed by atoms with Crippen molar-refractivity contribution < 1.29 is 9.18 Å². The van der Waals surface area contributed by atoms with Gasteiger partial charge in [-0.05, 0) is 42.7 Å². The van der Waals surface area contributed by atoms with Crippen LogP contribution in [0.1, 0.15) is 12.0 Å². The normalized spacial score (nSPS) is 13.6. The van der Waals surface area contributed by atoms with Crippen molar-refractivity contribution in [2.45, 2.75) is 12.8 Å². The molecule has 22 heavy (non-hydrogen) atoms. The predicted molar refractivity (Wildman–Crippen MR) is 87.0 cm³/mol. The van der Waals surface area contributed by atoms with Crippen LogP contribution in [0.2, 0.25) is 5.02 Å². The van der Waals surface area contributed by atoms with Crippen molar-refractivity contribution in [3.05, 3.63) is 58.9 Å². The lowest BCUT2D eigenvalue weighted by Crippen LogP contribution is -2.36. The topological polar surface area (TPSA) is 32.3 Å². The highest BCUT2D eigenvalue weighted by Crippen LogP contribution is 2.26. The van der Waals surface area contributed by atoms with E-state index in [0.717, 1.165) is 25.1 Å². The van der Waals surface area contributed by atoms with Gasteiger partial charge >= 0.3 is 0 Å². The second-order valence-corrected chi connectivity index (χ2v) is 5.76. The number of hydrogen-bond acceptors (Lipinski definition) is 2. The highest BCUT2D eigenvalue weighted by atomic mass is 35.5. The number of hydrogen-bond donors (Lipinski definition) is 1. The molecule has 1 aliphatic heterocycles. The Morgan fingerprint density at radius 2 is 2.09 bits per heavy atom. The van der Waals surface area contributed by atoms with E-state index in [4.69, 9.17) is 11.6 Å². The highest BCUT2D eigenvalue weighted by molar-refractivity contribution is 6.30. The van der Waals surface area contributed by atoms with Crippen LogP contribution in [0.5, 0.6) is 0 Å². The van der Waals surface area contributed by atoms with Gasteiger partial charge in [0.15, 0.2) is 0 Å². The first kappa shape index (κ1) is 14.9. The quantitative estimate of drug-likeness (QED) is 0.931. The van der Waals surface area contributed by atoms with E-state index in [1.54, 1.807) is 6.07 Å². The van der Waals surface area contributed by atoms with Gasteiger partial charge in [0.25, 0.3) is 0 Å². The molecule has 1 amide bonds. The SMILES string of the molecule is O=C(CN1CCCc2ccccc21)Nc1ccc(Cl)cc1F. The first-order valence-corrected chi connectivity index (χ1v) is 7.59. The Morgan fingerprint density at radius 1 is 1.27 bits per heavy atom. The van der Waals surface area contributed by atoms with E-state index in [1.165, 1.54) is 17.7 Å². The van der Waals surface area contributed by atoms with Crippen molar-refractivity contribution in [1.29, 1.82) is 0 Å². The van der Waals surface area contributed by atoms with Gasteiger partial charge in [-0.15, -0.1) is 0 Å². The summed E-state index contributed by atoms with van der Waals surface area (Å²) in [6.07, 6.45) is 2.04. The van der Waals surface area contributed by atoms with Crippen molar-refractivity contribution in [3.8, 4) is 0 Å². The zero-order valence-corrected chi connectivity index (χ0v) is 12.7. The molecule has 1 heterocycles. The molecule has 0 aliphatic carbocycles. The van der Waals surface area contributed by atoms with Crippen LogP contribution in [-0.4, -0.2) is 19.0 Å². The van der Waals surface area contributed by atoms with Crippen LogP contribution in [0, 0.1) is 5.82 Å². The van der Waals surface area contributed by atoms with Gasteiger partial charge in [-0.3, -0.25) is 4.79 Å². The molecule has 2 aromatic rings. The Labute approximate surface area is 133 Å². The zero-order chi connectivity index (χ0) is 15.5. The summed E-state index contributed by atoms with van der Waals surface area (Å²) in [5.41, 5.74) is 2.49. The van der Waals surface area contributed by atoms with Crippen LogP contribution in [0.15, 0.2) is 42.5 Å². The number of rotatable bonds is 3. The molecule has 3 nitrogen and oxygen atoms in total. The number of nitrogens with one attached hydrogen (secondary N) is 1. The third-order valence-electron chi connectivity index (χ3n) is 3.75. The molecular formula is C17H16ClFN2O. The van der Waals surface area contributed by atoms with Gasteiger partial charge in [0, 0.05) is 17.3 Å². The molecule has 1 N–H and O–H groups in total. The summed E-state index contributed by atoms with van der Waals surface area (Å²) in [6, 6.07) is 12.3. The maximum atomic E-state index is 13.7. The average Bonchev–Trinajstić information content (AvgIpc) is 2.50. The van der Waals surface area contributed by atoms with Gasteiger partial charge in [0.2, 0.25) is 5.91 Å². The average molecular weight is 319 g/mol. The second kappa shape index (κ2) is 6.36. The number of nitrogens with zero attached hydrogens (tertiary/aromatic N) is 1. The Bertz CT molecular complexity index is 705. The maximum absolute atomic E-state index is 13.7. The molecule has 3 rings (SSSR count). The summed E-state index contributed by atoms with van der Waals surface area (Å²) < 4.78 is 13.7. The van der Waals surface area contributed by atoms with Crippen LogP contribution in [-0.2, 0) is 11.2 Å². The molecule has 0 spiro atoms. The predicted octanol–water partition coefficient (Wildman–Crippen LogP) is 3.87. The Kier molecular flexibility index (Phi) is 4.29. The number of benzene rings is 2. The number of carbonyl (C=O) groups is 1. The lowest BCUT2D eigenvalue weighted by Gasteiger charge is -2.30. The summed E-state index contributed by atoms with van der Waals surface area (Å²) in [6.45, 7) is 1.03. The number of halogens is 2. The van der Waals surface area contributed by atoms with E-state index in [0.29, 0.717) is 5.02 Å². The lowest BCUT2D eigenvalue weighted by atomic mass is 10.0. The number of carbonyl (C=O) groups excluding carboxylic acids is 1. The first-order chi connectivity index (χ1) is 10.6. The van der Waals surface area contributed by atoms with Crippen LogP contribution in [0.4, 0.5) is 15.8 Å². The van der Waals surface area contributed by atoms with E-state index in [2.05, 4.69) is 11.4 Å². The minimum Gasteiger partial charge on any atom is -0.362 e. The fourth-order valence-corrected chi connectivity index (χ4v) is 2.89. The summed E-state index contributed by atoms with van der Waals surface area (Å²) in [5.74, 6) is -0.766. The van der Waals surface area contributed by atoms with Crippen molar-refractivity contribution in [2.75, 3.05) is 23.3 Å². The molecule has 0 bridgehead atoms. The fourth-order valence-electron chi connectivity index (χ4n) is 2.73. The van der Waals surface area contributed by atoms with Crippen molar-refractivity contribution in [3.63, 3.8) is 0 Å². The Balaban J connectivity index is 1.70. The molecule has 1 aliphatic rings. The van der Waals surface area contributed by atoms with Gasteiger partial charge in [-0.2, -0.15) is 0 Å². The van der Waals surface area contributed by atoms with Crippen LogP contribution in [0.3, 0.4) is 0 Å². The summed E-state index contributed by atoms with van der Waals surface area (Å²) in [5, 5.41) is 2.91. The third kappa shape index (κ3) is 3.22. The molecule has 114 valence electrons. The number of amides is 1. The van der Waals surface area contributed by atoms with Gasteiger partial charge < -0.3 is 10.2 Å². The lowest BCUT2D eigenvalue weighted by molar-refractivity contribution is -0.115. The van der Waals surface area contributed by atoms with Gasteiger partial charge in [0.05, 0.1) is 12.2 Å². The minimum absolute atomic E-state index is 0.152. The highest BCUT2D eigenvalue weighted by Gasteiger charge is 2.19. The van der Waals surface area contributed by atoms with Gasteiger partial charge in [-0.1, -0.05) is 29.8 Å². The van der Waals surface area contributed by atoms with E-state index in [1.807, 2.05) is 23.1 Å². The molecule has 0 fully saturated rings. The van der Waals surface area contributed by atoms with Crippen LogP contribution < -0.4 is 10.2 Å². The molecule has 5 heteroatoms. The largest absolute Gasteiger partial charge is 0.362 e. The van der Waals surface area contributed by atoms with E-state index >= 15 is 0 Å². The molecular weight excluding hydrogens is 303 g/mol. The van der Waals surface area contributed by atoms with E-state index in [-0.39, 0.29) is 18.1 Å². The summed E-state index contributed by atoms with van der Waals surface area (Å²) >= 11 is 5.70. The monoisotopic (exact) mass is 318 g/mol. The Hall–Kier alpha value is -2.07. The molecule has 0 unspecified atom stereocenters. The number of fused-ring (bicyclic) bond motifs is 1. The van der Waals surface area contributed by atoms with Crippen molar-refractivity contribution in [1.82, 2.24) is 0 Å². The fraction of sp³-hybridized carbons (Fsp3) is 0.235. The number of aryl methyl sites for hydroxylation is 1. The van der Waals surface area contributed by atoms with Crippen LogP contribution in [0.25, 0.3) is 0 Å². The Morgan fingerprint density at radius 3 is 2.91 bits per heavy atom. The second-order valence-electron chi connectivity index (χ2n) is 5.33. The zero-order valence-electron chi connectivity index (χ0n) is 12.0. The van der Waals surface area contributed by atoms with Crippen molar-refractivity contribution >= 4 is 28.9 Å². The van der Waals surface area contributed by atoms with Crippen LogP contribution >= 0.6 is 11.6 Å². The molecule has 2 aromatic carbocycles. The van der Waals surface area contributed by atoms with E-state index in [9.17, 15) is 9.18 Å². The minimum atomic E-state index is -0.528.